The lowest BCUT2D eigenvalue weighted by Gasteiger charge is -2.27. The Balaban J connectivity index is 1.54. The zero-order valence-corrected chi connectivity index (χ0v) is 19.3. The Morgan fingerprint density at radius 3 is 2.65 bits per heavy atom. The number of benzene rings is 2. The molecule has 1 atom stereocenters. The Hall–Kier alpha value is -1.64. The second kappa shape index (κ2) is 9.46. The van der Waals surface area contributed by atoms with Gasteiger partial charge in [0.25, 0.3) is 5.91 Å². The summed E-state index contributed by atoms with van der Waals surface area (Å²) in [5.74, 6) is -0.195. The van der Waals surface area contributed by atoms with Crippen molar-refractivity contribution in [3.05, 3.63) is 63.1 Å². The van der Waals surface area contributed by atoms with Crippen LogP contribution < -0.4 is 5.32 Å². The van der Waals surface area contributed by atoms with Gasteiger partial charge in [0, 0.05) is 25.6 Å². The highest BCUT2D eigenvalue weighted by Gasteiger charge is 2.30. The van der Waals surface area contributed by atoms with E-state index in [2.05, 4.69) is 17.4 Å². The van der Waals surface area contributed by atoms with E-state index in [9.17, 15) is 13.2 Å². The SMILES string of the molecule is O=C(NCC1CCCc2ccccc21)c1cc(S(=O)(=O)N2CCOCC2)c(Cl)cc1Cl. The Morgan fingerprint density at radius 2 is 1.87 bits per heavy atom. The second-order valence-corrected chi connectivity index (χ2v) is 10.5. The second-order valence-electron chi connectivity index (χ2n) is 7.78. The van der Waals surface area contributed by atoms with Gasteiger partial charge < -0.3 is 10.1 Å². The molecule has 1 aliphatic carbocycles. The molecule has 1 aliphatic heterocycles. The van der Waals surface area contributed by atoms with Crippen molar-refractivity contribution >= 4 is 39.1 Å². The maximum absolute atomic E-state index is 13.0. The van der Waals surface area contributed by atoms with E-state index < -0.39 is 15.9 Å². The van der Waals surface area contributed by atoms with Crippen LogP contribution >= 0.6 is 23.2 Å². The van der Waals surface area contributed by atoms with Crippen LogP contribution in [-0.4, -0.2) is 51.5 Å². The number of hydrogen-bond acceptors (Lipinski definition) is 4. The van der Waals surface area contributed by atoms with Crippen molar-refractivity contribution in [2.45, 2.75) is 30.1 Å². The topological polar surface area (TPSA) is 75.7 Å². The van der Waals surface area contributed by atoms with Gasteiger partial charge >= 0.3 is 0 Å². The van der Waals surface area contributed by atoms with Crippen LogP contribution in [0.4, 0.5) is 0 Å². The number of carbonyl (C=O) groups excluding carboxylic acids is 1. The minimum absolute atomic E-state index is 0.00532. The van der Waals surface area contributed by atoms with Crippen LogP contribution in [0.1, 0.15) is 40.2 Å². The number of rotatable bonds is 5. The molecule has 2 aromatic rings. The first kappa shape index (κ1) is 22.6. The summed E-state index contributed by atoms with van der Waals surface area (Å²) >= 11 is 12.5. The predicted octanol–water partition coefficient (Wildman–Crippen LogP) is 3.86. The lowest BCUT2D eigenvalue weighted by atomic mass is 9.83. The van der Waals surface area contributed by atoms with Crippen molar-refractivity contribution in [3.8, 4) is 0 Å². The number of fused-ring (bicyclic) bond motifs is 1. The fraction of sp³-hybridized carbons (Fsp3) is 0.409. The number of halogens is 2. The van der Waals surface area contributed by atoms with Gasteiger partial charge in [0.05, 0.1) is 28.8 Å². The number of amides is 1. The molecule has 0 bridgehead atoms. The predicted molar refractivity (Wildman–Crippen MR) is 120 cm³/mol. The standard InChI is InChI=1S/C22H24Cl2N2O4S/c23-19-13-20(24)21(31(28,29)26-8-10-30-11-9-26)12-18(19)22(27)25-14-16-6-3-5-15-4-1-2-7-17(15)16/h1-2,4,7,12-13,16H,3,5-6,8-11,14H2,(H,25,27). The van der Waals surface area contributed by atoms with Crippen molar-refractivity contribution in [1.82, 2.24) is 9.62 Å². The Morgan fingerprint density at radius 1 is 1.13 bits per heavy atom. The number of hydrogen-bond donors (Lipinski definition) is 1. The molecular weight excluding hydrogens is 459 g/mol. The molecule has 0 aromatic heterocycles. The number of ether oxygens (including phenoxy) is 1. The molecule has 1 fully saturated rings. The van der Waals surface area contributed by atoms with Crippen molar-refractivity contribution in [1.29, 1.82) is 0 Å². The zero-order valence-electron chi connectivity index (χ0n) is 16.9. The first-order valence-corrected chi connectivity index (χ1v) is 12.5. The molecule has 1 heterocycles. The van der Waals surface area contributed by atoms with E-state index in [-0.39, 0.29) is 39.5 Å². The zero-order chi connectivity index (χ0) is 22.0. The number of sulfonamides is 1. The number of aryl methyl sites for hydroxylation is 1. The normalized spacial score (nSPS) is 19.6. The van der Waals surface area contributed by atoms with Crippen LogP contribution in [0.5, 0.6) is 0 Å². The van der Waals surface area contributed by atoms with Gasteiger partial charge in [-0.05, 0) is 42.5 Å². The molecule has 2 aromatic carbocycles. The van der Waals surface area contributed by atoms with Crippen molar-refractivity contribution in [3.63, 3.8) is 0 Å². The van der Waals surface area contributed by atoms with Crippen LogP contribution in [0.3, 0.4) is 0 Å². The lowest BCUT2D eigenvalue weighted by molar-refractivity contribution is 0.0730. The van der Waals surface area contributed by atoms with Crippen LogP contribution in [0.25, 0.3) is 0 Å². The highest BCUT2D eigenvalue weighted by atomic mass is 35.5. The van der Waals surface area contributed by atoms with Gasteiger partial charge in [-0.15, -0.1) is 0 Å². The molecule has 2 aliphatic rings. The van der Waals surface area contributed by atoms with E-state index >= 15 is 0 Å². The number of nitrogens with one attached hydrogen (secondary N) is 1. The summed E-state index contributed by atoms with van der Waals surface area (Å²) in [7, 11) is -3.86. The van der Waals surface area contributed by atoms with Gasteiger partial charge in [-0.1, -0.05) is 47.5 Å². The summed E-state index contributed by atoms with van der Waals surface area (Å²) in [6, 6.07) is 10.9. The molecule has 166 valence electrons. The maximum Gasteiger partial charge on any atom is 0.252 e. The van der Waals surface area contributed by atoms with E-state index in [1.807, 2.05) is 12.1 Å². The highest BCUT2D eigenvalue weighted by Crippen LogP contribution is 2.33. The van der Waals surface area contributed by atoms with Gasteiger partial charge in [0.2, 0.25) is 10.0 Å². The first-order chi connectivity index (χ1) is 14.9. The molecule has 0 saturated carbocycles. The molecule has 1 saturated heterocycles. The molecule has 0 spiro atoms. The molecule has 31 heavy (non-hydrogen) atoms. The molecule has 4 rings (SSSR count). The third-order valence-corrected chi connectivity index (χ3v) is 8.53. The molecule has 0 radical (unpaired) electrons. The summed E-state index contributed by atoms with van der Waals surface area (Å²) in [6.07, 6.45) is 3.11. The minimum Gasteiger partial charge on any atom is -0.379 e. The van der Waals surface area contributed by atoms with Crippen LogP contribution in [-0.2, 0) is 21.2 Å². The van der Waals surface area contributed by atoms with E-state index in [1.54, 1.807) is 0 Å². The maximum atomic E-state index is 13.0. The van der Waals surface area contributed by atoms with Crippen molar-refractivity contribution < 1.29 is 17.9 Å². The summed E-state index contributed by atoms with van der Waals surface area (Å²) in [5.41, 5.74) is 2.67. The smallest absolute Gasteiger partial charge is 0.252 e. The quantitative estimate of drug-likeness (QED) is 0.701. The Labute approximate surface area is 192 Å². The largest absolute Gasteiger partial charge is 0.379 e. The monoisotopic (exact) mass is 482 g/mol. The van der Waals surface area contributed by atoms with Crippen LogP contribution in [0.2, 0.25) is 10.0 Å². The van der Waals surface area contributed by atoms with Gasteiger partial charge in [0.1, 0.15) is 4.90 Å². The fourth-order valence-corrected chi connectivity index (χ4v) is 6.45. The molecule has 6 nitrogen and oxygen atoms in total. The summed E-state index contributed by atoms with van der Waals surface area (Å²) in [5, 5.41) is 3.05. The average Bonchev–Trinajstić information content (AvgIpc) is 2.78. The van der Waals surface area contributed by atoms with Crippen LogP contribution in [0.15, 0.2) is 41.3 Å². The minimum atomic E-state index is -3.86. The first-order valence-electron chi connectivity index (χ1n) is 10.3. The van der Waals surface area contributed by atoms with Gasteiger partial charge in [-0.25, -0.2) is 8.42 Å². The van der Waals surface area contributed by atoms with Gasteiger partial charge in [-0.2, -0.15) is 4.31 Å². The Bertz CT molecular complexity index is 1080. The lowest BCUT2D eigenvalue weighted by Crippen LogP contribution is -2.40. The third kappa shape index (κ3) is 4.76. The molecular formula is C22H24Cl2N2O4S. The molecule has 1 amide bonds. The van der Waals surface area contributed by atoms with E-state index in [0.29, 0.717) is 19.8 Å². The van der Waals surface area contributed by atoms with Crippen LogP contribution in [0, 0.1) is 0 Å². The molecule has 1 N–H and O–H groups in total. The summed E-state index contributed by atoms with van der Waals surface area (Å²) in [6.45, 7) is 1.58. The number of morpholine rings is 1. The van der Waals surface area contributed by atoms with E-state index in [4.69, 9.17) is 27.9 Å². The number of carbonyl (C=O) groups is 1. The average molecular weight is 483 g/mol. The van der Waals surface area contributed by atoms with Crippen molar-refractivity contribution in [2.24, 2.45) is 0 Å². The Kier molecular flexibility index (Phi) is 6.89. The van der Waals surface area contributed by atoms with Gasteiger partial charge in [-0.3, -0.25) is 4.79 Å². The summed E-state index contributed by atoms with van der Waals surface area (Å²) < 4.78 is 32.6. The van der Waals surface area contributed by atoms with E-state index in [1.165, 1.54) is 27.6 Å². The summed E-state index contributed by atoms with van der Waals surface area (Å²) in [4.78, 5) is 12.8. The van der Waals surface area contributed by atoms with Crippen molar-refractivity contribution in [2.75, 3.05) is 32.8 Å². The van der Waals surface area contributed by atoms with Gasteiger partial charge in [0.15, 0.2) is 0 Å². The molecule has 9 heteroatoms. The molecule has 1 unspecified atom stereocenters. The fourth-order valence-electron chi connectivity index (χ4n) is 4.20. The highest BCUT2D eigenvalue weighted by molar-refractivity contribution is 7.89. The van der Waals surface area contributed by atoms with E-state index in [0.717, 1.165) is 19.3 Å². The number of nitrogens with zero attached hydrogens (tertiary/aromatic N) is 1. The third-order valence-electron chi connectivity index (χ3n) is 5.86.